The highest BCUT2D eigenvalue weighted by Crippen LogP contribution is 2.26. The fourth-order valence-corrected chi connectivity index (χ4v) is 2.12. The summed E-state index contributed by atoms with van der Waals surface area (Å²) in [7, 11) is 0. The van der Waals surface area contributed by atoms with E-state index in [0.29, 0.717) is 11.8 Å². The molecule has 2 nitrogen and oxygen atoms in total. The van der Waals surface area contributed by atoms with E-state index in [1.54, 1.807) is 6.07 Å². The minimum absolute atomic E-state index is 0.102. The van der Waals surface area contributed by atoms with Crippen LogP contribution in [0.4, 0.5) is 4.39 Å². The second-order valence-electron chi connectivity index (χ2n) is 4.23. The topological polar surface area (TPSA) is 35.2 Å². The Kier molecular flexibility index (Phi) is 3.66. The van der Waals surface area contributed by atoms with Gasteiger partial charge in [0.15, 0.2) is 0 Å². The third-order valence-electron chi connectivity index (χ3n) is 2.91. The van der Waals surface area contributed by atoms with Crippen LogP contribution in [0, 0.1) is 5.82 Å². The summed E-state index contributed by atoms with van der Waals surface area (Å²) in [6.45, 7) is 0. The van der Waals surface area contributed by atoms with Crippen LogP contribution in [0.2, 0.25) is 5.02 Å². The van der Waals surface area contributed by atoms with Gasteiger partial charge < -0.3 is 10.5 Å². The van der Waals surface area contributed by atoms with Crippen molar-refractivity contribution >= 4 is 11.6 Å². The molecule has 2 N–H and O–H groups in total. The molecule has 0 heterocycles. The zero-order chi connectivity index (χ0) is 11.5. The number of hydrogen-bond donors (Lipinski definition) is 1. The van der Waals surface area contributed by atoms with E-state index in [9.17, 15) is 4.39 Å². The zero-order valence-electron chi connectivity index (χ0n) is 8.96. The molecule has 0 saturated heterocycles. The summed E-state index contributed by atoms with van der Waals surface area (Å²) in [5.74, 6) is 0.214. The van der Waals surface area contributed by atoms with Crippen LogP contribution in [0.5, 0.6) is 5.75 Å². The van der Waals surface area contributed by atoms with Gasteiger partial charge in [-0.25, -0.2) is 4.39 Å². The summed E-state index contributed by atoms with van der Waals surface area (Å²) in [5.41, 5.74) is 5.81. The fraction of sp³-hybridized carbons (Fsp3) is 0.500. The molecule has 0 radical (unpaired) electrons. The molecule has 1 aromatic rings. The monoisotopic (exact) mass is 243 g/mol. The molecule has 0 bridgehead atoms. The molecule has 0 aromatic heterocycles. The average molecular weight is 244 g/mol. The Labute approximate surface area is 99.5 Å². The van der Waals surface area contributed by atoms with Gasteiger partial charge in [0.05, 0.1) is 11.1 Å². The number of benzene rings is 1. The number of ether oxygens (including phenoxy) is 1. The minimum atomic E-state index is -0.417. The van der Waals surface area contributed by atoms with E-state index in [2.05, 4.69) is 0 Å². The maximum atomic E-state index is 12.9. The SMILES string of the molecule is NC1CCC(Oc2ccc(F)c(Cl)c2)CC1. The summed E-state index contributed by atoms with van der Waals surface area (Å²) >= 11 is 5.68. The van der Waals surface area contributed by atoms with Crippen LogP contribution in [0.1, 0.15) is 25.7 Å². The third-order valence-corrected chi connectivity index (χ3v) is 3.20. The molecule has 1 fully saturated rings. The molecule has 0 spiro atoms. The molecule has 16 heavy (non-hydrogen) atoms. The lowest BCUT2D eigenvalue weighted by Gasteiger charge is -2.26. The van der Waals surface area contributed by atoms with Crippen LogP contribution in [0.15, 0.2) is 18.2 Å². The molecular weight excluding hydrogens is 229 g/mol. The first-order chi connectivity index (χ1) is 7.65. The van der Waals surface area contributed by atoms with Crippen molar-refractivity contribution in [2.45, 2.75) is 37.8 Å². The zero-order valence-corrected chi connectivity index (χ0v) is 9.71. The lowest BCUT2D eigenvalue weighted by Crippen LogP contribution is -2.31. The first-order valence-corrected chi connectivity index (χ1v) is 5.90. The van der Waals surface area contributed by atoms with Crippen molar-refractivity contribution in [2.75, 3.05) is 0 Å². The highest BCUT2D eigenvalue weighted by molar-refractivity contribution is 6.30. The fourth-order valence-electron chi connectivity index (χ4n) is 1.95. The summed E-state index contributed by atoms with van der Waals surface area (Å²) in [6, 6.07) is 4.75. The van der Waals surface area contributed by atoms with Crippen molar-refractivity contribution in [3.8, 4) is 5.75 Å². The van der Waals surface area contributed by atoms with Gasteiger partial charge in [-0.1, -0.05) is 11.6 Å². The van der Waals surface area contributed by atoms with Crippen molar-refractivity contribution in [3.05, 3.63) is 29.0 Å². The Morgan fingerprint density at radius 1 is 1.25 bits per heavy atom. The summed E-state index contributed by atoms with van der Waals surface area (Å²) < 4.78 is 18.7. The van der Waals surface area contributed by atoms with Gasteiger partial charge in [0.1, 0.15) is 11.6 Å². The minimum Gasteiger partial charge on any atom is -0.490 e. The van der Waals surface area contributed by atoms with Crippen molar-refractivity contribution in [2.24, 2.45) is 5.73 Å². The second-order valence-corrected chi connectivity index (χ2v) is 4.64. The van der Waals surface area contributed by atoms with Crippen molar-refractivity contribution in [3.63, 3.8) is 0 Å². The predicted molar refractivity (Wildman–Crippen MR) is 62.3 cm³/mol. The van der Waals surface area contributed by atoms with Crippen molar-refractivity contribution < 1.29 is 9.13 Å². The predicted octanol–water partition coefficient (Wildman–Crippen LogP) is 3.13. The van der Waals surface area contributed by atoms with Gasteiger partial charge in [0.2, 0.25) is 0 Å². The average Bonchev–Trinajstić information content (AvgIpc) is 2.27. The van der Waals surface area contributed by atoms with Crippen molar-refractivity contribution in [1.82, 2.24) is 0 Å². The summed E-state index contributed by atoms with van der Waals surface area (Å²) in [4.78, 5) is 0. The van der Waals surface area contributed by atoms with E-state index in [1.165, 1.54) is 12.1 Å². The molecule has 0 unspecified atom stereocenters. The lowest BCUT2D eigenvalue weighted by molar-refractivity contribution is 0.147. The maximum absolute atomic E-state index is 12.9. The molecule has 4 heteroatoms. The van der Waals surface area contributed by atoms with E-state index in [4.69, 9.17) is 22.1 Å². The molecule has 88 valence electrons. The van der Waals surface area contributed by atoms with Crippen LogP contribution in [-0.2, 0) is 0 Å². The quantitative estimate of drug-likeness (QED) is 0.866. The first kappa shape index (κ1) is 11.7. The molecule has 0 atom stereocenters. The molecule has 1 aromatic carbocycles. The van der Waals surface area contributed by atoms with Gasteiger partial charge in [-0.2, -0.15) is 0 Å². The number of halogens is 2. The van der Waals surface area contributed by atoms with Gasteiger partial charge in [0.25, 0.3) is 0 Å². The molecule has 1 aliphatic rings. The van der Waals surface area contributed by atoms with Gasteiger partial charge in [0, 0.05) is 12.1 Å². The smallest absolute Gasteiger partial charge is 0.142 e. The molecule has 2 rings (SSSR count). The Bertz CT molecular complexity index is 364. The highest BCUT2D eigenvalue weighted by Gasteiger charge is 2.19. The maximum Gasteiger partial charge on any atom is 0.142 e. The van der Waals surface area contributed by atoms with Crippen LogP contribution >= 0.6 is 11.6 Å². The largest absolute Gasteiger partial charge is 0.490 e. The summed E-state index contributed by atoms with van der Waals surface area (Å²) in [5, 5.41) is 0.102. The van der Waals surface area contributed by atoms with Crippen LogP contribution in [-0.4, -0.2) is 12.1 Å². The number of nitrogens with two attached hydrogens (primary N) is 1. The Morgan fingerprint density at radius 3 is 2.56 bits per heavy atom. The highest BCUT2D eigenvalue weighted by atomic mass is 35.5. The van der Waals surface area contributed by atoms with E-state index in [-0.39, 0.29) is 11.1 Å². The Morgan fingerprint density at radius 2 is 1.94 bits per heavy atom. The molecule has 0 aliphatic heterocycles. The van der Waals surface area contributed by atoms with Gasteiger partial charge >= 0.3 is 0 Å². The third kappa shape index (κ3) is 2.86. The van der Waals surface area contributed by atoms with Crippen LogP contribution < -0.4 is 10.5 Å². The lowest BCUT2D eigenvalue weighted by atomic mass is 9.94. The number of rotatable bonds is 2. The Hall–Kier alpha value is -0.800. The van der Waals surface area contributed by atoms with E-state index in [0.717, 1.165) is 25.7 Å². The molecule has 1 saturated carbocycles. The van der Waals surface area contributed by atoms with Gasteiger partial charge in [-0.05, 0) is 37.8 Å². The number of hydrogen-bond acceptors (Lipinski definition) is 2. The standard InChI is InChI=1S/C12H15ClFNO/c13-11-7-10(5-6-12(11)14)16-9-3-1-8(15)2-4-9/h5-9H,1-4,15H2. The van der Waals surface area contributed by atoms with Crippen LogP contribution in [0.3, 0.4) is 0 Å². The molecule has 1 aliphatic carbocycles. The molecule has 0 amide bonds. The van der Waals surface area contributed by atoms with E-state index < -0.39 is 5.82 Å². The van der Waals surface area contributed by atoms with E-state index in [1.807, 2.05) is 0 Å². The molecular formula is C12H15ClFNO. The van der Waals surface area contributed by atoms with Crippen LogP contribution in [0.25, 0.3) is 0 Å². The summed E-state index contributed by atoms with van der Waals surface area (Å²) in [6.07, 6.45) is 4.06. The van der Waals surface area contributed by atoms with Gasteiger partial charge in [-0.3, -0.25) is 0 Å². The van der Waals surface area contributed by atoms with Gasteiger partial charge in [-0.15, -0.1) is 0 Å². The first-order valence-electron chi connectivity index (χ1n) is 5.52. The normalized spacial score (nSPS) is 25.4. The second kappa shape index (κ2) is 5.02. The Balaban J connectivity index is 1.96. The van der Waals surface area contributed by atoms with E-state index >= 15 is 0 Å². The van der Waals surface area contributed by atoms with Crippen molar-refractivity contribution in [1.29, 1.82) is 0 Å².